The Balaban J connectivity index is 2.43. The summed E-state index contributed by atoms with van der Waals surface area (Å²) in [7, 11) is 0. The number of nitrogens with one attached hydrogen (secondary N) is 1. The summed E-state index contributed by atoms with van der Waals surface area (Å²) in [6.07, 6.45) is 2.86. The maximum atomic E-state index is 13.8. The quantitative estimate of drug-likeness (QED) is 0.826. The van der Waals surface area contributed by atoms with Crippen molar-refractivity contribution in [1.29, 1.82) is 0 Å². The number of thiophene rings is 1. The van der Waals surface area contributed by atoms with Crippen LogP contribution in [-0.4, -0.2) is 11.5 Å². The van der Waals surface area contributed by atoms with Crippen molar-refractivity contribution in [3.05, 3.63) is 49.0 Å². The van der Waals surface area contributed by atoms with Crippen LogP contribution >= 0.6 is 43.2 Å². The highest BCUT2D eigenvalue weighted by Gasteiger charge is 2.20. The van der Waals surface area contributed by atoms with E-state index in [1.807, 2.05) is 13.0 Å². The average molecular weight is 394 g/mol. The number of nitrogens with zero attached hydrogens (tertiary/aromatic N) is 1. The molecular formula is C12H11Br2FN2S. The lowest BCUT2D eigenvalue weighted by molar-refractivity contribution is 0.558. The normalized spacial score (nSPS) is 12.7. The molecule has 0 saturated heterocycles. The zero-order valence-electron chi connectivity index (χ0n) is 9.58. The molecule has 2 aromatic rings. The van der Waals surface area contributed by atoms with E-state index in [1.54, 1.807) is 23.6 Å². The van der Waals surface area contributed by atoms with Gasteiger partial charge in [-0.05, 0) is 50.5 Å². The van der Waals surface area contributed by atoms with E-state index in [9.17, 15) is 4.39 Å². The summed E-state index contributed by atoms with van der Waals surface area (Å²) in [5.74, 6) is -0.288. The minimum Gasteiger partial charge on any atom is -0.306 e. The van der Waals surface area contributed by atoms with Gasteiger partial charge in [-0.25, -0.2) is 4.39 Å². The van der Waals surface area contributed by atoms with Crippen LogP contribution in [0.15, 0.2) is 32.8 Å². The Morgan fingerprint density at radius 2 is 2.28 bits per heavy atom. The summed E-state index contributed by atoms with van der Waals surface area (Å²) in [4.78, 5) is 4.84. The van der Waals surface area contributed by atoms with E-state index in [0.717, 1.165) is 19.7 Å². The molecule has 2 aromatic heterocycles. The van der Waals surface area contributed by atoms with Crippen molar-refractivity contribution < 1.29 is 4.39 Å². The number of hydrogen-bond donors (Lipinski definition) is 1. The third-order valence-corrected chi connectivity index (χ3v) is 5.79. The Kier molecular flexibility index (Phi) is 4.89. The average Bonchev–Trinajstić information content (AvgIpc) is 2.68. The van der Waals surface area contributed by atoms with Gasteiger partial charge in [0.2, 0.25) is 0 Å². The molecule has 0 spiro atoms. The van der Waals surface area contributed by atoms with Crippen LogP contribution < -0.4 is 5.32 Å². The van der Waals surface area contributed by atoms with Crippen LogP contribution in [0.1, 0.15) is 23.4 Å². The Morgan fingerprint density at radius 3 is 2.83 bits per heavy atom. The third-order valence-electron chi connectivity index (χ3n) is 2.47. The maximum absolute atomic E-state index is 13.8. The van der Waals surface area contributed by atoms with Gasteiger partial charge in [0.15, 0.2) is 0 Å². The van der Waals surface area contributed by atoms with Gasteiger partial charge in [0.1, 0.15) is 5.82 Å². The lowest BCUT2D eigenvalue weighted by Gasteiger charge is -2.17. The van der Waals surface area contributed by atoms with Gasteiger partial charge in [-0.15, -0.1) is 11.3 Å². The predicted octanol–water partition coefficient (Wildman–Crippen LogP) is 4.51. The van der Waals surface area contributed by atoms with Crippen LogP contribution in [0.2, 0.25) is 0 Å². The van der Waals surface area contributed by atoms with Crippen LogP contribution in [0, 0.1) is 5.82 Å². The highest BCUT2D eigenvalue weighted by Crippen LogP contribution is 2.37. The highest BCUT2D eigenvalue weighted by molar-refractivity contribution is 9.13. The summed E-state index contributed by atoms with van der Waals surface area (Å²) in [5.41, 5.74) is 0.619. The molecule has 2 nitrogen and oxygen atoms in total. The van der Waals surface area contributed by atoms with Crippen molar-refractivity contribution in [2.75, 3.05) is 6.54 Å². The highest BCUT2D eigenvalue weighted by atomic mass is 79.9. The van der Waals surface area contributed by atoms with Gasteiger partial charge in [-0.3, -0.25) is 4.98 Å². The molecule has 96 valence electrons. The zero-order chi connectivity index (χ0) is 13.1. The fourth-order valence-corrected chi connectivity index (χ4v) is 3.88. The van der Waals surface area contributed by atoms with Crippen molar-refractivity contribution in [1.82, 2.24) is 10.3 Å². The monoisotopic (exact) mass is 392 g/mol. The van der Waals surface area contributed by atoms with Gasteiger partial charge in [-0.2, -0.15) is 0 Å². The van der Waals surface area contributed by atoms with E-state index in [1.165, 1.54) is 6.20 Å². The third kappa shape index (κ3) is 2.99. The fourth-order valence-electron chi connectivity index (χ4n) is 1.69. The summed E-state index contributed by atoms with van der Waals surface area (Å²) in [6, 6.07) is 3.57. The molecule has 0 aliphatic rings. The molecule has 6 heteroatoms. The van der Waals surface area contributed by atoms with Gasteiger partial charge in [0, 0.05) is 21.1 Å². The molecule has 1 unspecified atom stereocenters. The van der Waals surface area contributed by atoms with Crippen molar-refractivity contribution in [3.8, 4) is 0 Å². The summed E-state index contributed by atoms with van der Waals surface area (Å²) in [5, 5.41) is 3.30. The van der Waals surface area contributed by atoms with Crippen LogP contribution in [-0.2, 0) is 0 Å². The molecule has 0 aliphatic carbocycles. The number of hydrogen-bond acceptors (Lipinski definition) is 3. The largest absolute Gasteiger partial charge is 0.306 e. The second-order valence-electron chi connectivity index (χ2n) is 3.66. The second-order valence-corrected chi connectivity index (χ2v) is 6.91. The fraction of sp³-hybridized carbons (Fsp3) is 0.250. The van der Waals surface area contributed by atoms with Gasteiger partial charge >= 0.3 is 0 Å². The summed E-state index contributed by atoms with van der Waals surface area (Å²) in [6.45, 7) is 2.77. The Morgan fingerprint density at radius 1 is 1.50 bits per heavy atom. The zero-order valence-corrected chi connectivity index (χ0v) is 13.6. The first-order valence-corrected chi connectivity index (χ1v) is 7.81. The van der Waals surface area contributed by atoms with Gasteiger partial charge < -0.3 is 5.32 Å². The number of pyridine rings is 1. The first-order chi connectivity index (χ1) is 8.63. The first kappa shape index (κ1) is 14.1. The van der Waals surface area contributed by atoms with Crippen LogP contribution in [0.3, 0.4) is 0 Å². The standard InChI is InChI=1S/C12H11Br2FN2S/c1-2-17-11(7-3-4-16-6-9(7)15)10-5-8(13)12(14)18-10/h3-6,11,17H,2H2,1H3. The molecule has 2 heterocycles. The van der Waals surface area contributed by atoms with E-state index in [0.29, 0.717) is 5.56 Å². The van der Waals surface area contributed by atoms with Gasteiger partial charge in [0.05, 0.1) is 16.0 Å². The minimum atomic E-state index is -0.288. The smallest absolute Gasteiger partial charge is 0.146 e. The topological polar surface area (TPSA) is 24.9 Å². The van der Waals surface area contributed by atoms with E-state index in [4.69, 9.17) is 0 Å². The SMILES string of the molecule is CCNC(c1cc(Br)c(Br)s1)c1ccncc1F. The molecule has 1 atom stereocenters. The van der Waals surface area contributed by atoms with Crippen LogP contribution in [0.25, 0.3) is 0 Å². The van der Waals surface area contributed by atoms with E-state index < -0.39 is 0 Å². The van der Waals surface area contributed by atoms with Crippen molar-refractivity contribution in [3.63, 3.8) is 0 Å². The van der Waals surface area contributed by atoms with Crippen molar-refractivity contribution in [2.24, 2.45) is 0 Å². The molecule has 2 rings (SSSR count). The molecule has 0 bridgehead atoms. The molecule has 1 N–H and O–H groups in total. The molecule has 0 aliphatic heterocycles. The van der Waals surface area contributed by atoms with E-state index in [-0.39, 0.29) is 11.9 Å². The number of halogens is 3. The molecule has 0 radical (unpaired) electrons. The lowest BCUT2D eigenvalue weighted by Crippen LogP contribution is -2.22. The second kappa shape index (κ2) is 6.23. The lowest BCUT2D eigenvalue weighted by atomic mass is 10.1. The minimum absolute atomic E-state index is 0.148. The van der Waals surface area contributed by atoms with Crippen LogP contribution in [0.4, 0.5) is 4.39 Å². The molecule has 0 saturated carbocycles. The Hall–Kier alpha value is -0.300. The van der Waals surface area contributed by atoms with E-state index in [2.05, 4.69) is 42.2 Å². The molecular weight excluding hydrogens is 383 g/mol. The Bertz CT molecular complexity index is 525. The van der Waals surface area contributed by atoms with Crippen LogP contribution in [0.5, 0.6) is 0 Å². The maximum Gasteiger partial charge on any atom is 0.146 e. The summed E-state index contributed by atoms with van der Waals surface area (Å²) >= 11 is 8.51. The number of rotatable bonds is 4. The molecule has 0 amide bonds. The van der Waals surface area contributed by atoms with E-state index >= 15 is 0 Å². The molecule has 0 aromatic carbocycles. The molecule has 18 heavy (non-hydrogen) atoms. The molecule has 0 fully saturated rings. The van der Waals surface area contributed by atoms with Crippen molar-refractivity contribution in [2.45, 2.75) is 13.0 Å². The summed E-state index contributed by atoms with van der Waals surface area (Å²) < 4.78 is 15.8. The van der Waals surface area contributed by atoms with Gasteiger partial charge in [0.25, 0.3) is 0 Å². The first-order valence-electron chi connectivity index (χ1n) is 5.41. The Labute approximate surface area is 126 Å². The predicted molar refractivity (Wildman–Crippen MR) is 79.4 cm³/mol. The van der Waals surface area contributed by atoms with Gasteiger partial charge in [-0.1, -0.05) is 6.92 Å². The van der Waals surface area contributed by atoms with Crippen molar-refractivity contribution >= 4 is 43.2 Å². The number of aromatic nitrogens is 1.